The smallest absolute Gasteiger partial charge is 0.161 e. The van der Waals surface area contributed by atoms with Crippen LogP contribution in [0.25, 0.3) is 0 Å². The van der Waals surface area contributed by atoms with Crippen molar-refractivity contribution < 1.29 is 9.47 Å². The summed E-state index contributed by atoms with van der Waals surface area (Å²) in [7, 11) is 3.34. The molecule has 1 aromatic rings. The van der Waals surface area contributed by atoms with Gasteiger partial charge in [-0.2, -0.15) is 0 Å². The minimum absolute atomic E-state index is 0.311. The number of unbranched alkanes of at least 4 members (excludes halogenated alkanes) is 3. The number of benzene rings is 1. The van der Waals surface area contributed by atoms with Crippen LogP contribution in [0, 0.1) is 0 Å². The van der Waals surface area contributed by atoms with E-state index in [9.17, 15) is 0 Å². The molecule has 0 aromatic heterocycles. The first kappa shape index (κ1) is 17.8. The SMILES string of the molecule is CCCCCCC(C)NC(C)c1ccc(OC)c(OC)c1. The molecule has 0 spiro atoms. The molecule has 0 radical (unpaired) electrons. The highest BCUT2D eigenvalue weighted by Gasteiger charge is 2.12. The summed E-state index contributed by atoms with van der Waals surface area (Å²) in [5.74, 6) is 1.57. The summed E-state index contributed by atoms with van der Waals surface area (Å²) >= 11 is 0. The number of hydrogen-bond donors (Lipinski definition) is 1. The van der Waals surface area contributed by atoms with E-state index in [0.29, 0.717) is 12.1 Å². The molecule has 0 aliphatic carbocycles. The van der Waals surface area contributed by atoms with Crippen molar-refractivity contribution >= 4 is 0 Å². The molecule has 0 amide bonds. The topological polar surface area (TPSA) is 30.5 Å². The summed E-state index contributed by atoms with van der Waals surface area (Å²) in [4.78, 5) is 0. The molecule has 1 rings (SSSR count). The molecule has 0 aliphatic rings. The highest BCUT2D eigenvalue weighted by atomic mass is 16.5. The minimum atomic E-state index is 0.311. The van der Waals surface area contributed by atoms with Crippen molar-refractivity contribution in [2.75, 3.05) is 14.2 Å². The normalized spacial score (nSPS) is 13.8. The Labute approximate surface area is 130 Å². The minimum Gasteiger partial charge on any atom is -0.493 e. The molecule has 21 heavy (non-hydrogen) atoms. The molecule has 1 N–H and O–H groups in total. The summed E-state index contributed by atoms with van der Waals surface area (Å²) in [5.41, 5.74) is 1.23. The monoisotopic (exact) mass is 293 g/mol. The average Bonchev–Trinajstić information content (AvgIpc) is 2.50. The average molecular weight is 293 g/mol. The fraction of sp³-hybridized carbons (Fsp3) is 0.667. The lowest BCUT2D eigenvalue weighted by Gasteiger charge is -2.21. The van der Waals surface area contributed by atoms with E-state index >= 15 is 0 Å². The van der Waals surface area contributed by atoms with Gasteiger partial charge >= 0.3 is 0 Å². The van der Waals surface area contributed by atoms with E-state index in [0.717, 1.165) is 11.5 Å². The highest BCUT2D eigenvalue weighted by Crippen LogP contribution is 2.30. The van der Waals surface area contributed by atoms with Crippen LogP contribution in [0.2, 0.25) is 0 Å². The first-order valence-corrected chi connectivity index (χ1v) is 8.10. The van der Waals surface area contributed by atoms with Gasteiger partial charge in [-0.25, -0.2) is 0 Å². The van der Waals surface area contributed by atoms with E-state index in [2.05, 4.69) is 38.2 Å². The lowest BCUT2D eigenvalue weighted by Crippen LogP contribution is -2.28. The number of nitrogens with one attached hydrogen (secondary N) is 1. The van der Waals surface area contributed by atoms with Crippen LogP contribution in [0.1, 0.15) is 64.5 Å². The van der Waals surface area contributed by atoms with E-state index in [1.807, 2.05) is 6.07 Å². The van der Waals surface area contributed by atoms with Gasteiger partial charge in [-0.1, -0.05) is 38.7 Å². The molecular weight excluding hydrogens is 262 g/mol. The Morgan fingerprint density at radius 2 is 1.71 bits per heavy atom. The Hall–Kier alpha value is -1.22. The van der Waals surface area contributed by atoms with Gasteiger partial charge in [0.05, 0.1) is 14.2 Å². The molecule has 2 atom stereocenters. The zero-order valence-electron chi connectivity index (χ0n) is 14.2. The molecule has 1 aromatic carbocycles. The van der Waals surface area contributed by atoms with Gasteiger partial charge in [-0.05, 0) is 38.0 Å². The number of ether oxygens (including phenoxy) is 2. The van der Waals surface area contributed by atoms with Crippen molar-refractivity contribution in [3.8, 4) is 11.5 Å². The first-order chi connectivity index (χ1) is 10.1. The van der Waals surface area contributed by atoms with E-state index in [-0.39, 0.29) is 0 Å². The molecule has 2 unspecified atom stereocenters. The first-order valence-electron chi connectivity index (χ1n) is 8.10. The molecule has 3 heteroatoms. The second-order valence-corrected chi connectivity index (χ2v) is 5.75. The van der Waals surface area contributed by atoms with Crippen molar-refractivity contribution in [1.29, 1.82) is 0 Å². The quantitative estimate of drug-likeness (QED) is 0.634. The molecule has 0 bridgehead atoms. The zero-order valence-corrected chi connectivity index (χ0v) is 14.2. The number of rotatable bonds is 10. The third-order valence-electron chi connectivity index (χ3n) is 3.93. The van der Waals surface area contributed by atoms with E-state index in [4.69, 9.17) is 9.47 Å². The summed E-state index contributed by atoms with van der Waals surface area (Å²) in [6.07, 6.45) is 6.52. The summed E-state index contributed by atoms with van der Waals surface area (Å²) in [5, 5.41) is 3.67. The van der Waals surface area contributed by atoms with Gasteiger partial charge in [0, 0.05) is 12.1 Å². The third-order valence-corrected chi connectivity index (χ3v) is 3.93. The van der Waals surface area contributed by atoms with Gasteiger partial charge in [-0.3, -0.25) is 0 Å². The Morgan fingerprint density at radius 3 is 2.33 bits per heavy atom. The molecule has 3 nitrogen and oxygen atoms in total. The summed E-state index contributed by atoms with van der Waals surface area (Å²) in [6.45, 7) is 6.72. The second-order valence-electron chi connectivity index (χ2n) is 5.75. The summed E-state index contributed by atoms with van der Waals surface area (Å²) in [6, 6.07) is 6.97. The van der Waals surface area contributed by atoms with Crippen LogP contribution >= 0.6 is 0 Å². The molecular formula is C18H31NO2. The second kappa shape index (κ2) is 9.67. The Balaban J connectivity index is 2.52. The predicted octanol–water partition coefficient (Wildman–Crippen LogP) is 4.71. The van der Waals surface area contributed by atoms with Gasteiger partial charge in [0.1, 0.15) is 0 Å². The molecule has 120 valence electrons. The van der Waals surface area contributed by atoms with Crippen LogP contribution in [0.3, 0.4) is 0 Å². The molecule has 0 aliphatic heterocycles. The Kier molecular flexibility index (Phi) is 8.21. The summed E-state index contributed by atoms with van der Waals surface area (Å²) < 4.78 is 10.7. The van der Waals surface area contributed by atoms with E-state index in [1.54, 1.807) is 14.2 Å². The fourth-order valence-corrected chi connectivity index (χ4v) is 2.61. The largest absolute Gasteiger partial charge is 0.493 e. The lowest BCUT2D eigenvalue weighted by molar-refractivity contribution is 0.353. The maximum Gasteiger partial charge on any atom is 0.161 e. The standard InChI is InChI=1S/C18H31NO2/c1-6-7-8-9-10-14(2)19-15(3)16-11-12-17(20-4)18(13-16)21-5/h11-15,19H,6-10H2,1-5H3. The van der Waals surface area contributed by atoms with Crippen molar-refractivity contribution in [2.24, 2.45) is 0 Å². The van der Waals surface area contributed by atoms with Crippen LogP contribution in [0.5, 0.6) is 11.5 Å². The van der Waals surface area contributed by atoms with Gasteiger partial charge in [0.25, 0.3) is 0 Å². The fourth-order valence-electron chi connectivity index (χ4n) is 2.61. The van der Waals surface area contributed by atoms with Crippen molar-refractivity contribution in [1.82, 2.24) is 5.32 Å². The van der Waals surface area contributed by atoms with Crippen LogP contribution < -0.4 is 14.8 Å². The van der Waals surface area contributed by atoms with Gasteiger partial charge in [0.2, 0.25) is 0 Å². The number of methoxy groups -OCH3 is 2. The maximum absolute atomic E-state index is 5.37. The van der Waals surface area contributed by atoms with Crippen molar-refractivity contribution in [3.05, 3.63) is 23.8 Å². The van der Waals surface area contributed by atoms with Crippen LogP contribution in [0.4, 0.5) is 0 Å². The molecule has 0 saturated heterocycles. The number of hydrogen-bond acceptors (Lipinski definition) is 3. The van der Waals surface area contributed by atoms with Gasteiger partial charge in [-0.15, -0.1) is 0 Å². The molecule has 0 saturated carbocycles. The van der Waals surface area contributed by atoms with Crippen LogP contribution in [-0.4, -0.2) is 20.3 Å². The third kappa shape index (κ3) is 5.96. The zero-order chi connectivity index (χ0) is 15.7. The molecule has 0 heterocycles. The molecule has 0 fully saturated rings. The lowest BCUT2D eigenvalue weighted by atomic mass is 10.0. The van der Waals surface area contributed by atoms with E-state index in [1.165, 1.54) is 37.7 Å². The Morgan fingerprint density at radius 1 is 1.00 bits per heavy atom. The van der Waals surface area contributed by atoms with Gasteiger partial charge < -0.3 is 14.8 Å². The van der Waals surface area contributed by atoms with Crippen molar-refractivity contribution in [3.63, 3.8) is 0 Å². The maximum atomic E-state index is 5.37. The van der Waals surface area contributed by atoms with E-state index < -0.39 is 0 Å². The highest BCUT2D eigenvalue weighted by molar-refractivity contribution is 5.43. The van der Waals surface area contributed by atoms with Gasteiger partial charge in [0.15, 0.2) is 11.5 Å². The van der Waals surface area contributed by atoms with Crippen LogP contribution in [0.15, 0.2) is 18.2 Å². The van der Waals surface area contributed by atoms with Crippen LogP contribution in [-0.2, 0) is 0 Å². The predicted molar refractivity (Wildman–Crippen MR) is 89.3 cm³/mol. The Bertz CT molecular complexity index is 406. The van der Waals surface area contributed by atoms with Crippen molar-refractivity contribution in [2.45, 2.75) is 65.0 Å².